The van der Waals surface area contributed by atoms with Gasteiger partial charge < -0.3 is 9.88 Å². The van der Waals surface area contributed by atoms with Crippen LogP contribution in [0.15, 0.2) is 12.5 Å². The number of aromatic nitrogens is 4. The topological polar surface area (TPSA) is 69.5 Å². The van der Waals surface area contributed by atoms with Crippen LogP contribution >= 0.6 is 11.3 Å². The number of carbonyl (C=O) groups is 1. The molecule has 3 fully saturated rings. The minimum atomic E-state index is 0.216. The molecule has 7 rings (SSSR count). The lowest BCUT2D eigenvalue weighted by Crippen LogP contribution is -2.53. The molecule has 1 N–H and O–H groups in total. The van der Waals surface area contributed by atoms with E-state index in [1.165, 1.54) is 63.0 Å². The van der Waals surface area contributed by atoms with Crippen molar-refractivity contribution in [3.05, 3.63) is 39.7 Å². The van der Waals surface area contributed by atoms with Gasteiger partial charge in [-0.15, -0.1) is 11.3 Å². The summed E-state index contributed by atoms with van der Waals surface area (Å²) >= 11 is 1.97. The fraction of sp³-hybridized carbons (Fsp3) is 0.552. The maximum atomic E-state index is 12.4. The number of likely N-dealkylation sites (N-methyl/N-ethyl adjacent to an activating group) is 1. The van der Waals surface area contributed by atoms with E-state index in [1.54, 1.807) is 16.1 Å². The van der Waals surface area contributed by atoms with Gasteiger partial charge in [0.25, 0.3) is 0 Å². The van der Waals surface area contributed by atoms with Gasteiger partial charge in [-0.05, 0) is 80.0 Å². The van der Waals surface area contributed by atoms with Crippen molar-refractivity contribution >= 4 is 33.1 Å². The van der Waals surface area contributed by atoms with Crippen LogP contribution in [0, 0.1) is 26.7 Å². The van der Waals surface area contributed by atoms with Crippen LogP contribution in [0.25, 0.3) is 27.1 Å². The van der Waals surface area contributed by atoms with Crippen molar-refractivity contribution in [2.75, 3.05) is 27.2 Å². The van der Waals surface area contributed by atoms with Gasteiger partial charge in [0, 0.05) is 48.7 Å². The van der Waals surface area contributed by atoms with Crippen molar-refractivity contribution in [1.82, 2.24) is 29.4 Å². The predicted octanol–water partition coefficient (Wildman–Crippen LogP) is 5.64. The molecule has 1 unspecified atom stereocenters. The van der Waals surface area contributed by atoms with Gasteiger partial charge in [0.05, 0.1) is 12.2 Å². The van der Waals surface area contributed by atoms with E-state index >= 15 is 0 Å². The molecule has 0 aromatic carbocycles. The summed E-state index contributed by atoms with van der Waals surface area (Å²) in [6, 6.07) is 0.513. The Morgan fingerprint density at radius 1 is 1.19 bits per heavy atom. The van der Waals surface area contributed by atoms with Crippen LogP contribution in [0.3, 0.4) is 0 Å². The van der Waals surface area contributed by atoms with Crippen molar-refractivity contribution in [1.29, 1.82) is 0 Å². The molecule has 3 atom stereocenters. The number of amides is 1. The molecule has 196 valence electrons. The molecule has 8 heteroatoms. The lowest BCUT2D eigenvalue weighted by Gasteiger charge is -2.49. The highest BCUT2D eigenvalue weighted by Gasteiger charge is 2.43. The number of piperidine rings is 2. The number of aromatic amines is 1. The summed E-state index contributed by atoms with van der Waals surface area (Å²) in [4.78, 5) is 27.7. The number of carbonyl (C=O) groups excluding carboxylic acids is 1. The van der Waals surface area contributed by atoms with Gasteiger partial charge in [-0.3, -0.25) is 9.69 Å². The van der Waals surface area contributed by atoms with E-state index in [-0.39, 0.29) is 5.91 Å². The van der Waals surface area contributed by atoms with Gasteiger partial charge in [0.2, 0.25) is 5.91 Å². The van der Waals surface area contributed by atoms with Crippen molar-refractivity contribution in [3.8, 4) is 11.3 Å². The van der Waals surface area contributed by atoms with Gasteiger partial charge in [-0.2, -0.15) is 5.10 Å². The minimum absolute atomic E-state index is 0.216. The van der Waals surface area contributed by atoms with E-state index in [0.29, 0.717) is 30.3 Å². The summed E-state index contributed by atoms with van der Waals surface area (Å²) in [5, 5.41) is 5.86. The summed E-state index contributed by atoms with van der Waals surface area (Å²) in [5.41, 5.74) is 8.66. The van der Waals surface area contributed by atoms with Gasteiger partial charge in [-0.25, -0.2) is 9.50 Å². The number of thiophene rings is 1. The van der Waals surface area contributed by atoms with Gasteiger partial charge in [0.15, 0.2) is 5.65 Å². The third-order valence-electron chi connectivity index (χ3n) is 9.06. The number of hydrogen-bond donors (Lipinski definition) is 1. The van der Waals surface area contributed by atoms with Gasteiger partial charge >= 0.3 is 0 Å². The molecule has 2 bridgehead atoms. The molecule has 7 nitrogen and oxygen atoms in total. The Morgan fingerprint density at radius 3 is 2.65 bits per heavy atom. The standard InChI is InChI=1S/C29H38N6OS/c1-15(2)24-25-18(5)27(21-10-20-9-8-19(21)11-34(20)13-23(36)33(6)7)37-29(25)32-26(24)22-12-35-28(30-14-31-35)17(4)16(22)3/h12,14-15,19-21,32H,8-11,13H2,1-7H3/t19?,20-,21-/m0/s1. The molecule has 3 aliphatic rings. The monoisotopic (exact) mass is 518 g/mol. The number of H-pyrrole nitrogens is 1. The quantitative estimate of drug-likeness (QED) is 0.371. The van der Waals surface area contributed by atoms with Crippen LogP contribution in [0.2, 0.25) is 0 Å². The van der Waals surface area contributed by atoms with E-state index in [1.807, 2.05) is 29.9 Å². The molecule has 4 aromatic rings. The zero-order valence-electron chi connectivity index (χ0n) is 23.1. The van der Waals surface area contributed by atoms with E-state index in [9.17, 15) is 4.79 Å². The maximum Gasteiger partial charge on any atom is 0.236 e. The van der Waals surface area contributed by atoms with Crippen LogP contribution in [0.1, 0.15) is 72.1 Å². The van der Waals surface area contributed by atoms with E-state index in [4.69, 9.17) is 0 Å². The molecule has 4 aromatic heterocycles. The van der Waals surface area contributed by atoms with Crippen LogP contribution in [0.5, 0.6) is 0 Å². The number of pyridine rings is 1. The summed E-state index contributed by atoms with van der Waals surface area (Å²) in [6.07, 6.45) is 7.42. The summed E-state index contributed by atoms with van der Waals surface area (Å²) in [5.74, 6) is 1.83. The van der Waals surface area contributed by atoms with Crippen molar-refractivity contribution in [2.24, 2.45) is 5.92 Å². The highest BCUT2D eigenvalue weighted by Crippen LogP contribution is 2.51. The summed E-state index contributed by atoms with van der Waals surface area (Å²) in [7, 11) is 3.72. The molecule has 2 saturated heterocycles. The molecule has 2 aliphatic heterocycles. The normalized spacial score (nSPS) is 22.1. The predicted molar refractivity (Wildman–Crippen MR) is 151 cm³/mol. The Morgan fingerprint density at radius 2 is 1.97 bits per heavy atom. The van der Waals surface area contributed by atoms with Gasteiger partial charge in [0.1, 0.15) is 11.2 Å². The van der Waals surface area contributed by atoms with Crippen molar-refractivity contribution in [3.63, 3.8) is 0 Å². The summed E-state index contributed by atoms with van der Waals surface area (Å²) < 4.78 is 1.90. The van der Waals surface area contributed by atoms with Gasteiger partial charge in [-0.1, -0.05) is 13.8 Å². The number of nitrogens with zero attached hydrogens (tertiary/aromatic N) is 5. The first-order valence-corrected chi connectivity index (χ1v) is 14.4. The molecule has 1 amide bonds. The lowest BCUT2D eigenvalue weighted by molar-refractivity contribution is -0.132. The number of nitrogens with one attached hydrogen (secondary N) is 1. The molecule has 1 aliphatic carbocycles. The van der Waals surface area contributed by atoms with Crippen molar-refractivity contribution < 1.29 is 4.79 Å². The molecule has 6 heterocycles. The number of hydrogen-bond acceptors (Lipinski definition) is 5. The number of rotatable bonds is 5. The van der Waals surface area contributed by atoms with Crippen LogP contribution < -0.4 is 0 Å². The first-order chi connectivity index (χ1) is 17.7. The van der Waals surface area contributed by atoms with Crippen LogP contribution in [-0.2, 0) is 4.79 Å². The second-order valence-electron chi connectivity index (χ2n) is 11.7. The molecule has 0 radical (unpaired) electrons. The second-order valence-corrected chi connectivity index (χ2v) is 12.8. The lowest BCUT2D eigenvalue weighted by atomic mass is 9.70. The second kappa shape index (κ2) is 8.95. The largest absolute Gasteiger partial charge is 0.348 e. The Hall–Kier alpha value is -2.71. The zero-order chi connectivity index (χ0) is 26.2. The van der Waals surface area contributed by atoms with E-state index in [0.717, 1.165) is 12.2 Å². The first-order valence-electron chi connectivity index (χ1n) is 13.5. The molecule has 37 heavy (non-hydrogen) atoms. The van der Waals surface area contributed by atoms with Crippen LogP contribution in [0.4, 0.5) is 0 Å². The smallest absolute Gasteiger partial charge is 0.236 e. The maximum absolute atomic E-state index is 12.4. The fourth-order valence-corrected chi connectivity index (χ4v) is 8.32. The third-order valence-corrected chi connectivity index (χ3v) is 10.4. The number of aryl methyl sites for hydroxylation is 2. The average Bonchev–Trinajstić information content (AvgIpc) is 3.56. The molecule has 1 saturated carbocycles. The van der Waals surface area contributed by atoms with E-state index < -0.39 is 0 Å². The van der Waals surface area contributed by atoms with Crippen molar-refractivity contribution in [2.45, 2.75) is 71.8 Å². The summed E-state index contributed by atoms with van der Waals surface area (Å²) in [6.45, 7) is 12.9. The molecular weight excluding hydrogens is 480 g/mol. The van der Waals surface area contributed by atoms with Crippen LogP contribution in [-0.4, -0.2) is 68.5 Å². The highest BCUT2D eigenvalue weighted by molar-refractivity contribution is 7.19. The Labute approximate surface area is 222 Å². The molecular formula is C29H38N6OS. The molecule has 0 spiro atoms. The zero-order valence-corrected chi connectivity index (χ0v) is 23.9. The minimum Gasteiger partial charge on any atom is -0.348 e. The Kier molecular flexibility index (Phi) is 5.95. The first kappa shape index (κ1) is 24.6. The SMILES string of the molecule is Cc1c(-c2[nH]c3sc([C@H]4C[C@@H]5CCC4CN5CC(=O)N(C)C)c(C)c3c2C(C)C)cn2ncnc2c1C. The van der Waals surface area contributed by atoms with E-state index in [2.05, 4.69) is 60.8 Å². The highest BCUT2D eigenvalue weighted by atomic mass is 32.1. The average molecular weight is 519 g/mol. The Balaban J connectivity index is 1.39. The third kappa shape index (κ3) is 3.83. The fourth-order valence-electron chi connectivity index (χ4n) is 6.89. The Bertz CT molecular complexity index is 1510. The number of fused-ring (bicyclic) bond motifs is 5.